The van der Waals surface area contributed by atoms with Crippen LogP contribution in [0.1, 0.15) is 12.0 Å². The zero-order chi connectivity index (χ0) is 19.9. The quantitative estimate of drug-likeness (QED) is 0.643. The highest BCUT2D eigenvalue weighted by Gasteiger charge is 2.26. The van der Waals surface area contributed by atoms with Gasteiger partial charge in [-0.25, -0.2) is 16.8 Å². The number of nitrogens with one attached hydrogen (secondary N) is 2. The lowest BCUT2D eigenvalue weighted by Crippen LogP contribution is -2.47. The number of hydrogen-bond acceptors (Lipinski definition) is 5. The highest BCUT2D eigenvalue weighted by atomic mass is 32.2. The molecule has 0 unspecified atom stereocenters. The lowest BCUT2D eigenvalue weighted by molar-refractivity contribution is -0.122. The number of rotatable bonds is 9. The summed E-state index contributed by atoms with van der Waals surface area (Å²) in [6.45, 7) is 0.210. The summed E-state index contributed by atoms with van der Waals surface area (Å²) in [6.07, 6.45) is 0.878. The Morgan fingerprint density at radius 2 is 1.48 bits per heavy atom. The Labute approximate surface area is 159 Å². The second-order valence-electron chi connectivity index (χ2n) is 6.11. The van der Waals surface area contributed by atoms with Crippen molar-refractivity contribution in [2.45, 2.75) is 23.9 Å². The summed E-state index contributed by atoms with van der Waals surface area (Å²) in [7, 11) is -7.32. The summed E-state index contributed by atoms with van der Waals surface area (Å²) < 4.78 is 50.3. The molecule has 0 saturated carbocycles. The van der Waals surface area contributed by atoms with Crippen molar-refractivity contribution in [3.63, 3.8) is 0 Å². The summed E-state index contributed by atoms with van der Waals surface area (Å²) in [5, 5.41) is 2.65. The zero-order valence-corrected chi connectivity index (χ0v) is 16.5. The molecule has 0 radical (unpaired) electrons. The van der Waals surface area contributed by atoms with Gasteiger partial charge in [-0.2, -0.15) is 4.72 Å². The molecule has 9 heteroatoms. The van der Waals surface area contributed by atoms with Gasteiger partial charge in [-0.3, -0.25) is 4.79 Å². The van der Waals surface area contributed by atoms with E-state index in [-0.39, 0.29) is 23.6 Å². The van der Waals surface area contributed by atoms with E-state index in [0.29, 0.717) is 0 Å². The van der Waals surface area contributed by atoms with Crippen LogP contribution in [0, 0.1) is 0 Å². The zero-order valence-electron chi connectivity index (χ0n) is 14.8. The minimum Gasteiger partial charge on any atom is -0.351 e. The summed E-state index contributed by atoms with van der Waals surface area (Å²) in [6, 6.07) is 15.5. The maximum absolute atomic E-state index is 12.5. The van der Waals surface area contributed by atoms with Gasteiger partial charge in [0.25, 0.3) is 0 Å². The second kappa shape index (κ2) is 9.12. The first-order chi connectivity index (χ1) is 12.7. The van der Waals surface area contributed by atoms with Crippen LogP contribution in [0.5, 0.6) is 0 Å². The van der Waals surface area contributed by atoms with Gasteiger partial charge in [0.1, 0.15) is 15.9 Å². The van der Waals surface area contributed by atoms with Gasteiger partial charge in [0.15, 0.2) is 0 Å². The fourth-order valence-corrected chi connectivity index (χ4v) is 4.25. The number of hydrogen-bond donors (Lipinski definition) is 2. The van der Waals surface area contributed by atoms with Gasteiger partial charge >= 0.3 is 0 Å². The first kappa shape index (κ1) is 21.1. The number of amides is 1. The van der Waals surface area contributed by atoms with Crippen molar-refractivity contribution in [1.82, 2.24) is 10.0 Å². The van der Waals surface area contributed by atoms with Crippen molar-refractivity contribution < 1.29 is 21.6 Å². The molecule has 0 aliphatic carbocycles. The molecule has 0 aliphatic heterocycles. The lowest BCUT2D eigenvalue weighted by atomic mass is 10.2. The van der Waals surface area contributed by atoms with Gasteiger partial charge in [-0.1, -0.05) is 48.5 Å². The predicted molar refractivity (Wildman–Crippen MR) is 103 cm³/mol. The van der Waals surface area contributed by atoms with E-state index in [1.54, 1.807) is 18.2 Å². The van der Waals surface area contributed by atoms with Crippen molar-refractivity contribution in [3.05, 3.63) is 66.2 Å². The summed E-state index contributed by atoms with van der Waals surface area (Å²) >= 11 is 0. The highest BCUT2D eigenvalue weighted by molar-refractivity contribution is 7.90. The molecule has 2 aromatic rings. The third-order valence-corrected chi connectivity index (χ3v) is 6.22. The van der Waals surface area contributed by atoms with Crippen LogP contribution in [0.4, 0.5) is 0 Å². The number of carbonyl (C=O) groups excluding carboxylic acids is 1. The standard InChI is InChI=1S/C18H22N2O5S2/c1-26(22,23)13-12-17(18(21)19-14-15-8-4-2-5-9-15)20-27(24,25)16-10-6-3-7-11-16/h2-11,17,20H,12-14H2,1H3,(H,19,21)/t17-/m1/s1. The normalized spacial score (nSPS) is 13.1. The molecule has 2 aromatic carbocycles. The minimum absolute atomic E-state index is 0.00483. The topological polar surface area (TPSA) is 109 Å². The molecule has 2 N–H and O–H groups in total. The van der Waals surface area contributed by atoms with E-state index in [1.165, 1.54) is 12.1 Å². The molecule has 1 amide bonds. The van der Waals surface area contributed by atoms with Gasteiger partial charge < -0.3 is 5.32 Å². The van der Waals surface area contributed by atoms with Crippen LogP contribution in [-0.4, -0.2) is 40.8 Å². The Hall–Kier alpha value is -2.23. The highest BCUT2D eigenvalue weighted by Crippen LogP contribution is 2.10. The van der Waals surface area contributed by atoms with E-state index in [1.807, 2.05) is 30.3 Å². The van der Waals surface area contributed by atoms with Crippen LogP contribution in [0.25, 0.3) is 0 Å². The maximum atomic E-state index is 12.5. The molecule has 0 bridgehead atoms. The van der Waals surface area contributed by atoms with Crippen LogP contribution in [0.3, 0.4) is 0 Å². The molecule has 0 aliphatic rings. The summed E-state index contributed by atoms with van der Waals surface area (Å²) in [4.78, 5) is 12.5. The molecule has 0 saturated heterocycles. The third kappa shape index (κ3) is 7.12. The Morgan fingerprint density at radius 3 is 2.04 bits per heavy atom. The Kier molecular flexibility index (Phi) is 7.11. The number of sulfone groups is 1. The first-order valence-electron chi connectivity index (χ1n) is 8.24. The van der Waals surface area contributed by atoms with Crippen molar-refractivity contribution in [3.8, 4) is 0 Å². The molecule has 146 valence electrons. The van der Waals surface area contributed by atoms with E-state index >= 15 is 0 Å². The molecule has 1 atom stereocenters. The Balaban J connectivity index is 2.13. The molecular formula is C18H22N2O5S2. The fraction of sp³-hybridized carbons (Fsp3) is 0.278. The van der Waals surface area contributed by atoms with Crippen molar-refractivity contribution in [1.29, 1.82) is 0 Å². The second-order valence-corrected chi connectivity index (χ2v) is 10.1. The smallest absolute Gasteiger partial charge is 0.241 e. The SMILES string of the molecule is CS(=O)(=O)CC[C@@H](NS(=O)(=O)c1ccccc1)C(=O)NCc1ccccc1. The number of carbonyl (C=O) groups is 1. The van der Waals surface area contributed by atoms with Gasteiger partial charge in [0.2, 0.25) is 15.9 Å². The Bertz CT molecular complexity index is 959. The number of benzene rings is 2. The lowest BCUT2D eigenvalue weighted by Gasteiger charge is -2.18. The van der Waals surface area contributed by atoms with Crippen LogP contribution in [0.15, 0.2) is 65.6 Å². The van der Waals surface area contributed by atoms with Crippen LogP contribution < -0.4 is 10.0 Å². The predicted octanol–water partition coefficient (Wildman–Crippen LogP) is 1.08. The minimum atomic E-state index is -3.96. The van der Waals surface area contributed by atoms with Gasteiger partial charge in [0, 0.05) is 12.8 Å². The van der Waals surface area contributed by atoms with Crippen molar-refractivity contribution >= 4 is 25.8 Å². The molecule has 0 fully saturated rings. The molecule has 2 rings (SSSR count). The molecule has 27 heavy (non-hydrogen) atoms. The summed E-state index contributed by atoms with van der Waals surface area (Å²) in [5.74, 6) is -0.893. The molecule has 0 heterocycles. The van der Waals surface area contributed by atoms with Crippen LogP contribution in [0.2, 0.25) is 0 Å². The molecular weight excluding hydrogens is 388 g/mol. The summed E-state index contributed by atoms with van der Waals surface area (Å²) in [5.41, 5.74) is 0.846. The number of sulfonamides is 1. The van der Waals surface area contributed by atoms with E-state index in [0.717, 1.165) is 11.8 Å². The van der Waals surface area contributed by atoms with E-state index in [2.05, 4.69) is 10.0 Å². The molecule has 0 aromatic heterocycles. The first-order valence-corrected chi connectivity index (χ1v) is 11.8. The van der Waals surface area contributed by atoms with Crippen molar-refractivity contribution in [2.75, 3.05) is 12.0 Å². The van der Waals surface area contributed by atoms with E-state index in [4.69, 9.17) is 0 Å². The fourth-order valence-electron chi connectivity index (χ4n) is 2.34. The molecule has 0 spiro atoms. The average Bonchev–Trinajstić information content (AvgIpc) is 2.64. The van der Waals surface area contributed by atoms with Crippen LogP contribution in [-0.2, 0) is 31.2 Å². The van der Waals surface area contributed by atoms with Gasteiger partial charge in [0.05, 0.1) is 10.6 Å². The van der Waals surface area contributed by atoms with Crippen LogP contribution >= 0.6 is 0 Å². The van der Waals surface area contributed by atoms with Gasteiger partial charge in [-0.15, -0.1) is 0 Å². The van der Waals surface area contributed by atoms with Crippen molar-refractivity contribution in [2.24, 2.45) is 0 Å². The monoisotopic (exact) mass is 410 g/mol. The molecule has 7 nitrogen and oxygen atoms in total. The largest absolute Gasteiger partial charge is 0.351 e. The maximum Gasteiger partial charge on any atom is 0.241 e. The third-order valence-electron chi connectivity index (χ3n) is 3.75. The average molecular weight is 411 g/mol. The Morgan fingerprint density at radius 1 is 0.926 bits per heavy atom. The van der Waals surface area contributed by atoms with E-state index in [9.17, 15) is 21.6 Å². The van der Waals surface area contributed by atoms with E-state index < -0.39 is 31.8 Å². The van der Waals surface area contributed by atoms with Gasteiger partial charge in [-0.05, 0) is 24.1 Å².